The van der Waals surface area contributed by atoms with E-state index in [0.29, 0.717) is 0 Å². The molecule has 0 aliphatic heterocycles. The molecule has 4 aromatic rings. The lowest BCUT2D eigenvalue weighted by molar-refractivity contribution is -0.125. The number of hydrogen-bond acceptors (Lipinski definition) is 4. The number of hydrogen-bond donors (Lipinski definition) is 1. The van der Waals surface area contributed by atoms with Crippen LogP contribution in [0.1, 0.15) is 61.8 Å². The molecule has 2 aliphatic carbocycles. The highest BCUT2D eigenvalue weighted by molar-refractivity contribution is 6.06. The standard InChI is InChI=1S/C29H30N4O/c1-16-14-21-22(15-17(16)2)32-25-24(31-21)28(6)12-13-29(25,27(28,4)5)26(34)33-20-9-7-8-19-11-10-18(3)30-23(19)20/h7-11,14-15H,12-13H2,1-6H3,(H,33,34). The van der Waals surface area contributed by atoms with E-state index in [1.165, 1.54) is 11.1 Å². The summed E-state index contributed by atoms with van der Waals surface area (Å²) < 4.78 is 0. The van der Waals surface area contributed by atoms with Crippen molar-refractivity contribution in [2.45, 2.75) is 65.2 Å². The van der Waals surface area contributed by atoms with E-state index >= 15 is 0 Å². The number of para-hydroxylation sites is 1. The van der Waals surface area contributed by atoms with Gasteiger partial charge < -0.3 is 5.32 Å². The van der Waals surface area contributed by atoms with Crippen LogP contribution < -0.4 is 5.32 Å². The minimum absolute atomic E-state index is 0.00624. The van der Waals surface area contributed by atoms with Crippen molar-refractivity contribution in [3.8, 4) is 0 Å². The maximum absolute atomic E-state index is 14.3. The summed E-state index contributed by atoms with van der Waals surface area (Å²) in [6, 6.07) is 14.2. The number of carbonyl (C=O) groups excluding carboxylic acids is 1. The van der Waals surface area contributed by atoms with E-state index in [1.807, 2.05) is 31.2 Å². The van der Waals surface area contributed by atoms with Crippen molar-refractivity contribution in [3.05, 3.63) is 70.7 Å². The minimum Gasteiger partial charge on any atom is -0.323 e. The lowest BCUT2D eigenvalue weighted by Gasteiger charge is -2.39. The van der Waals surface area contributed by atoms with Gasteiger partial charge in [0, 0.05) is 16.5 Å². The van der Waals surface area contributed by atoms with E-state index in [9.17, 15) is 4.79 Å². The Morgan fingerprint density at radius 2 is 1.53 bits per heavy atom. The number of fused-ring (bicyclic) bond motifs is 7. The van der Waals surface area contributed by atoms with Crippen molar-refractivity contribution >= 4 is 33.5 Å². The average molecular weight is 451 g/mol. The van der Waals surface area contributed by atoms with Crippen molar-refractivity contribution in [3.63, 3.8) is 0 Å². The molecular formula is C29H30N4O. The van der Waals surface area contributed by atoms with Gasteiger partial charge in [-0.25, -0.2) is 9.97 Å². The third-order valence-electron chi connectivity index (χ3n) is 9.15. The number of aryl methyl sites for hydroxylation is 3. The molecule has 2 bridgehead atoms. The average Bonchev–Trinajstić information content (AvgIpc) is 3.09. The van der Waals surface area contributed by atoms with Crippen LogP contribution in [0.5, 0.6) is 0 Å². The van der Waals surface area contributed by atoms with E-state index in [2.05, 4.69) is 58.1 Å². The van der Waals surface area contributed by atoms with Crippen LogP contribution in [0, 0.1) is 26.2 Å². The Balaban J connectivity index is 1.54. The van der Waals surface area contributed by atoms with Crippen molar-refractivity contribution in [1.82, 2.24) is 15.0 Å². The molecule has 2 heterocycles. The quantitative estimate of drug-likeness (QED) is 0.402. The zero-order chi connectivity index (χ0) is 24.0. The van der Waals surface area contributed by atoms with Crippen LogP contribution in [0.15, 0.2) is 42.5 Å². The Kier molecular flexibility index (Phi) is 4.13. The maximum atomic E-state index is 14.3. The minimum atomic E-state index is -0.747. The molecule has 1 fully saturated rings. The van der Waals surface area contributed by atoms with E-state index < -0.39 is 5.41 Å². The Morgan fingerprint density at radius 3 is 2.24 bits per heavy atom. The molecule has 6 rings (SSSR count). The molecule has 1 N–H and O–H groups in total. The van der Waals surface area contributed by atoms with Gasteiger partial charge in [-0.2, -0.15) is 0 Å². The maximum Gasteiger partial charge on any atom is 0.237 e. The number of benzene rings is 2. The SMILES string of the molecule is Cc1ccc2cccc(NC(=O)C34CCC(C)(c5nc6cc(C)c(C)cc6nc53)C4(C)C)c2n1. The summed E-state index contributed by atoms with van der Waals surface area (Å²) in [5.41, 5.74) is 7.21. The molecule has 1 saturated carbocycles. The van der Waals surface area contributed by atoms with Crippen molar-refractivity contribution in [2.24, 2.45) is 5.41 Å². The second-order valence-electron chi connectivity index (χ2n) is 11.0. The molecule has 2 aliphatic rings. The summed E-state index contributed by atoms with van der Waals surface area (Å²) in [6.45, 7) is 12.9. The number of pyridine rings is 1. The summed E-state index contributed by atoms with van der Waals surface area (Å²) in [5, 5.41) is 4.30. The third kappa shape index (κ3) is 2.45. The number of nitrogens with zero attached hydrogens (tertiary/aromatic N) is 3. The molecule has 2 atom stereocenters. The molecule has 2 aromatic carbocycles. The fourth-order valence-corrected chi connectivity index (χ4v) is 6.44. The van der Waals surface area contributed by atoms with E-state index in [1.54, 1.807) is 0 Å². The Bertz CT molecular complexity index is 1540. The molecule has 172 valence electrons. The summed E-state index contributed by atoms with van der Waals surface area (Å²) in [5.74, 6) is -0.00624. The molecule has 1 amide bonds. The van der Waals surface area contributed by atoms with Gasteiger partial charge in [0.15, 0.2) is 0 Å². The normalized spacial score (nSPS) is 24.5. The van der Waals surface area contributed by atoms with Gasteiger partial charge in [0.2, 0.25) is 5.91 Å². The van der Waals surface area contributed by atoms with Gasteiger partial charge in [0.1, 0.15) is 0 Å². The Labute approximate surface area is 200 Å². The van der Waals surface area contributed by atoms with Crippen molar-refractivity contribution < 1.29 is 4.79 Å². The first-order valence-corrected chi connectivity index (χ1v) is 12.1. The van der Waals surface area contributed by atoms with E-state index in [4.69, 9.17) is 15.0 Å². The highest BCUT2D eigenvalue weighted by Crippen LogP contribution is 2.70. The van der Waals surface area contributed by atoms with Gasteiger partial charge in [-0.1, -0.05) is 39.0 Å². The lowest BCUT2D eigenvalue weighted by atomic mass is 9.63. The van der Waals surface area contributed by atoms with Gasteiger partial charge >= 0.3 is 0 Å². The number of rotatable bonds is 2. The smallest absolute Gasteiger partial charge is 0.237 e. The summed E-state index contributed by atoms with van der Waals surface area (Å²) >= 11 is 0. The predicted octanol–water partition coefficient (Wildman–Crippen LogP) is 6.07. The highest BCUT2D eigenvalue weighted by atomic mass is 16.2. The molecule has 0 saturated heterocycles. The lowest BCUT2D eigenvalue weighted by Crippen LogP contribution is -2.48. The van der Waals surface area contributed by atoms with E-state index in [-0.39, 0.29) is 16.7 Å². The Hall–Kier alpha value is -3.34. The van der Waals surface area contributed by atoms with Gasteiger partial charge in [0.25, 0.3) is 0 Å². The van der Waals surface area contributed by atoms with E-state index in [0.717, 1.165) is 57.5 Å². The van der Waals surface area contributed by atoms with Crippen molar-refractivity contribution in [2.75, 3.05) is 5.32 Å². The number of aromatic nitrogens is 3. The summed E-state index contributed by atoms with van der Waals surface area (Å²) in [7, 11) is 0. The predicted molar refractivity (Wildman–Crippen MR) is 136 cm³/mol. The second-order valence-corrected chi connectivity index (χ2v) is 11.0. The van der Waals surface area contributed by atoms with Crippen LogP contribution in [-0.2, 0) is 15.6 Å². The summed E-state index contributed by atoms with van der Waals surface area (Å²) in [6.07, 6.45) is 1.68. The number of nitrogens with one attached hydrogen (secondary N) is 1. The second kappa shape index (κ2) is 6.62. The van der Waals surface area contributed by atoms with Crippen LogP contribution in [0.4, 0.5) is 5.69 Å². The van der Waals surface area contributed by atoms with Crippen LogP contribution in [0.25, 0.3) is 21.9 Å². The number of anilines is 1. The zero-order valence-corrected chi connectivity index (χ0v) is 20.7. The van der Waals surface area contributed by atoms with Gasteiger partial charge in [0.05, 0.1) is 39.0 Å². The first-order chi connectivity index (χ1) is 16.1. The first-order valence-electron chi connectivity index (χ1n) is 12.1. The first kappa shape index (κ1) is 21.2. The fraction of sp³-hybridized carbons (Fsp3) is 0.379. The largest absolute Gasteiger partial charge is 0.323 e. The molecule has 0 radical (unpaired) electrons. The highest BCUT2D eigenvalue weighted by Gasteiger charge is 2.73. The molecule has 2 unspecified atom stereocenters. The van der Waals surface area contributed by atoms with Crippen LogP contribution >= 0.6 is 0 Å². The Morgan fingerprint density at radius 1 is 0.853 bits per heavy atom. The number of carbonyl (C=O) groups is 1. The van der Waals surface area contributed by atoms with Gasteiger partial charge in [-0.15, -0.1) is 0 Å². The van der Waals surface area contributed by atoms with Gasteiger partial charge in [-0.05, 0) is 74.4 Å². The topological polar surface area (TPSA) is 67.8 Å². The van der Waals surface area contributed by atoms with Crippen LogP contribution in [0.3, 0.4) is 0 Å². The van der Waals surface area contributed by atoms with Crippen LogP contribution in [-0.4, -0.2) is 20.9 Å². The summed E-state index contributed by atoms with van der Waals surface area (Å²) in [4.78, 5) is 29.3. The fourth-order valence-electron chi connectivity index (χ4n) is 6.44. The molecule has 5 heteroatoms. The molecule has 0 spiro atoms. The number of amides is 1. The van der Waals surface area contributed by atoms with Crippen LogP contribution in [0.2, 0.25) is 0 Å². The molecule has 2 aromatic heterocycles. The molecule has 34 heavy (non-hydrogen) atoms. The third-order valence-corrected chi connectivity index (χ3v) is 9.15. The van der Waals surface area contributed by atoms with Gasteiger partial charge in [-0.3, -0.25) is 9.78 Å². The molecular weight excluding hydrogens is 420 g/mol. The zero-order valence-electron chi connectivity index (χ0n) is 20.7. The monoisotopic (exact) mass is 450 g/mol. The van der Waals surface area contributed by atoms with Crippen molar-refractivity contribution in [1.29, 1.82) is 0 Å². The molecule has 5 nitrogen and oxygen atoms in total.